The minimum absolute atomic E-state index is 1.01. The molecule has 0 radical (unpaired) electrons. The first-order chi connectivity index (χ1) is 13.4. The van der Waals surface area contributed by atoms with Gasteiger partial charge < -0.3 is 5.32 Å². The minimum atomic E-state index is 1.01. The summed E-state index contributed by atoms with van der Waals surface area (Å²) in [5.74, 6) is 0. The van der Waals surface area contributed by atoms with E-state index in [0.29, 0.717) is 0 Å². The lowest BCUT2D eigenvalue weighted by Crippen LogP contribution is -2.14. The molecule has 1 heteroatoms. The molecule has 1 aromatic carbocycles. The van der Waals surface area contributed by atoms with Crippen LogP contribution < -0.4 is 5.32 Å². The molecule has 27 heavy (non-hydrogen) atoms. The van der Waals surface area contributed by atoms with E-state index in [4.69, 9.17) is 0 Å². The first-order valence-electron chi connectivity index (χ1n) is 12.2. The summed E-state index contributed by atoms with van der Waals surface area (Å²) < 4.78 is 0. The molecule has 0 heterocycles. The standard InChI is InChI=1S/C26H47N/c1-2-3-4-5-6-7-8-9-10-11-12-13-14-15-16-17-21-24-27-25-26-22-19-18-20-23-26/h18-20,22-23,27H,2-17,21,24-25H2,1H3. The van der Waals surface area contributed by atoms with E-state index in [1.54, 1.807) is 0 Å². The maximum atomic E-state index is 3.55. The van der Waals surface area contributed by atoms with E-state index in [9.17, 15) is 0 Å². The Bertz CT molecular complexity index is 386. The number of benzene rings is 1. The molecule has 0 bridgehead atoms. The molecule has 156 valence electrons. The molecular formula is C26H47N. The van der Waals surface area contributed by atoms with Crippen molar-refractivity contribution in [1.82, 2.24) is 5.32 Å². The monoisotopic (exact) mass is 373 g/mol. The highest BCUT2D eigenvalue weighted by Crippen LogP contribution is 2.14. The fourth-order valence-electron chi connectivity index (χ4n) is 3.80. The van der Waals surface area contributed by atoms with Gasteiger partial charge in [-0.05, 0) is 18.5 Å². The Kier molecular flexibility index (Phi) is 17.9. The quantitative estimate of drug-likeness (QED) is 0.226. The van der Waals surface area contributed by atoms with Crippen LogP contribution in [0.5, 0.6) is 0 Å². The number of hydrogen-bond donors (Lipinski definition) is 1. The van der Waals surface area contributed by atoms with Crippen molar-refractivity contribution >= 4 is 0 Å². The fourth-order valence-corrected chi connectivity index (χ4v) is 3.80. The minimum Gasteiger partial charge on any atom is -0.313 e. The van der Waals surface area contributed by atoms with Crippen molar-refractivity contribution in [1.29, 1.82) is 0 Å². The summed E-state index contributed by atoms with van der Waals surface area (Å²) in [7, 11) is 0. The SMILES string of the molecule is CCCCCCCCCCCCCCCCCCCNCc1ccccc1. The van der Waals surface area contributed by atoms with Gasteiger partial charge in [0.05, 0.1) is 0 Å². The maximum Gasteiger partial charge on any atom is 0.0205 e. The fraction of sp³-hybridized carbons (Fsp3) is 0.769. The zero-order valence-corrected chi connectivity index (χ0v) is 18.3. The van der Waals surface area contributed by atoms with Crippen LogP contribution in [0.2, 0.25) is 0 Å². The Balaban J connectivity index is 1.67. The normalized spacial score (nSPS) is 11.1. The predicted octanol–water partition coefficient (Wildman–Crippen LogP) is 8.43. The van der Waals surface area contributed by atoms with E-state index in [2.05, 4.69) is 42.6 Å². The van der Waals surface area contributed by atoms with Gasteiger partial charge >= 0.3 is 0 Å². The topological polar surface area (TPSA) is 12.0 Å². The Morgan fingerprint density at radius 2 is 0.926 bits per heavy atom. The average Bonchev–Trinajstić information content (AvgIpc) is 2.70. The molecule has 0 aliphatic heterocycles. The van der Waals surface area contributed by atoms with E-state index in [0.717, 1.165) is 13.1 Å². The molecule has 0 aromatic heterocycles. The van der Waals surface area contributed by atoms with Crippen molar-refractivity contribution in [3.8, 4) is 0 Å². The van der Waals surface area contributed by atoms with E-state index in [1.165, 1.54) is 115 Å². The Morgan fingerprint density at radius 1 is 0.519 bits per heavy atom. The van der Waals surface area contributed by atoms with Gasteiger partial charge in [0.2, 0.25) is 0 Å². The molecule has 1 rings (SSSR count). The third kappa shape index (κ3) is 17.0. The van der Waals surface area contributed by atoms with E-state index in [-0.39, 0.29) is 0 Å². The van der Waals surface area contributed by atoms with Crippen LogP contribution in [0.15, 0.2) is 30.3 Å². The van der Waals surface area contributed by atoms with Crippen molar-refractivity contribution < 1.29 is 0 Å². The number of hydrogen-bond acceptors (Lipinski definition) is 1. The summed E-state index contributed by atoms with van der Waals surface area (Å²) in [6.07, 6.45) is 24.5. The lowest BCUT2D eigenvalue weighted by Gasteiger charge is -2.05. The van der Waals surface area contributed by atoms with Gasteiger partial charge in [-0.2, -0.15) is 0 Å². The van der Waals surface area contributed by atoms with Gasteiger partial charge in [-0.25, -0.2) is 0 Å². The Hall–Kier alpha value is -0.820. The Morgan fingerprint density at radius 3 is 1.37 bits per heavy atom. The smallest absolute Gasteiger partial charge is 0.0205 e. The highest BCUT2D eigenvalue weighted by molar-refractivity contribution is 5.14. The molecule has 1 aromatic rings. The van der Waals surface area contributed by atoms with Crippen molar-refractivity contribution in [2.24, 2.45) is 0 Å². The van der Waals surface area contributed by atoms with Gasteiger partial charge in [0.1, 0.15) is 0 Å². The van der Waals surface area contributed by atoms with Gasteiger partial charge in [-0.15, -0.1) is 0 Å². The van der Waals surface area contributed by atoms with Crippen LogP contribution in [-0.4, -0.2) is 6.54 Å². The molecule has 1 N–H and O–H groups in total. The second-order valence-electron chi connectivity index (χ2n) is 8.32. The molecule has 0 saturated carbocycles. The van der Waals surface area contributed by atoms with Gasteiger partial charge in [0.15, 0.2) is 0 Å². The molecule has 0 unspecified atom stereocenters. The molecule has 0 aliphatic carbocycles. The van der Waals surface area contributed by atoms with Crippen molar-refractivity contribution in [2.45, 2.75) is 123 Å². The second-order valence-corrected chi connectivity index (χ2v) is 8.32. The average molecular weight is 374 g/mol. The first kappa shape index (κ1) is 24.2. The summed E-state index contributed by atoms with van der Waals surface area (Å²) in [6, 6.07) is 10.7. The number of unbranched alkanes of at least 4 members (excludes halogenated alkanes) is 16. The van der Waals surface area contributed by atoms with Gasteiger partial charge in [-0.1, -0.05) is 140 Å². The van der Waals surface area contributed by atoms with Crippen LogP contribution in [0.4, 0.5) is 0 Å². The molecule has 0 fully saturated rings. The van der Waals surface area contributed by atoms with Gasteiger partial charge in [0.25, 0.3) is 0 Å². The van der Waals surface area contributed by atoms with Crippen molar-refractivity contribution in [3.05, 3.63) is 35.9 Å². The molecule has 0 saturated heterocycles. The molecule has 0 atom stereocenters. The van der Waals surface area contributed by atoms with E-state index >= 15 is 0 Å². The summed E-state index contributed by atoms with van der Waals surface area (Å²) in [5.41, 5.74) is 1.39. The van der Waals surface area contributed by atoms with Crippen LogP contribution in [0.1, 0.15) is 122 Å². The van der Waals surface area contributed by atoms with Crippen LogP contribution in [-0.2, 0) is 6.54 Å². The van der Waals surface area contributed by atoms with Crippen molar-refractivity contribution in [3.63, 3.8) is 0 Å². The zero-order valence-electron chi connectivity index (χ0n) is 18.3. The predicted molar refractivity (Wildman–Crippen MR) is 122 cm³/mol. The van der Waals surface area contributed by atoms with E-state index < -0.39 is 0 Å². The molecule has 0 amide bonds. The summed E-state index contributed by atoms with van der Waals surface area (Å²) in [5, 5.41) is 3.55. The summed E-state index contributed by atoms with van der Waals surface area (Å²) in [6.45, 7) is 4.47. The van der Waals surface area contributed by atoms with Crippen molar-refractivity contribution in [2.75, 3.05) is 6.54 Å². The number of nitrogens with one attached hydrogen (secondary N) is 1. The lowest BCUT2D eigenvalue weighted by molar-refractivity contribution is 0.523. The van der Waals surface area contributed by atoms with Crippen LogP contribution in [0, 0.1) is 0 Å². The maximum absolute atomic E-state index is 3.55. The third-order valence-corrected chi connectivity index (χ3v) is 5.63. The Labute approximate surface area is 170 Å². The lowest BCUT2D eigenvalue weighted by atomic mass is 10.0. The summed E-state index contributed by atoms with van der Waals surface area (Å²) >= 11 is 0. The first-order valence-corrected chi connectivity index (χ1v) is 12.2. The van der Waals surface area contributed by atoms with Gasteiger partial charge in [-0.3, -0.25) is 0 Å². The molecule has 1 nitrogen and oxygen atoms in total. The van der Waals surface area contributed by atoms with E-state index in [1.807, 2.05) is 0 Å². The highest BCUT2D eigenvalue weighted by Gasteiger charge is 1.95. The highest BCUT2D eigenvalue weighted by atomic mass is 14.8. The molecule has 0 spiro atoms. The van der Waals surface area contributed by atoms with Crippen LogP contribution >= 0.6 is 0 Å². The second kappa shape index (κ2) is 19.9. The van der Waals surface area contributed by atoms with Crippen LogP contribution in [0.25, 0.3) is 0 Å². The molecular weight excluding hydrogens is 326 g/mol. The zero-order chi connectivity index (χ0) is 19.3. The van der Waals surface area contributed by atoms with Gasteiger partial charge in [0, 0.05) is 6.54 Å². The number of rotatable bonds is 20. The third-order valence-electron chi connectivity index (χ3n) is 5.63. The largest absolute Gasteiger partial charge is 0.313 e. The summed E-state index contributed by atoms with van der Waals surface area (Å²) in [4.78, 5) is 0. The molecule has 0 aliphatic rings. The van der Waals surface area contributed by atoms with Crippen LogP contribution in [0.3, 0.4) is 0 Å².